The van der Waals surface area contributed by atoms with E-state index >= 15 is 0 Å². The molecule has 0 saturated carbocycles. The number of nitrogens with two attached hydrogens (primary N) is 2. The molecule has 0 aliphatic carbocycles. The van der Waals surface area contributed by atoms with Gasteiger partial charge in [-0.1, -0.05) is 29.6 Å². The van der Waals surface area contributed by atoms with E-state index in [9.17, 15) is 9.59 Å². The van der Waals surface area contributed by atoms with Gasteiger partial charge in [-0.3, -0.25) is 24.2 Å². The normalized spacial score (nSPS) is 11.7. The highest BCUT2D eigenvalue weighted by atomic mass is 32.2. The molecule has 0 aliphatic heterocycles. The quantitative estimate of drug-likeness (QED) is 0.0968. The van der Waals surface area contributed by atoms with Gasteiger partial charge >= 0.3 is 0 Å². The van der Waals surface area contributed by atoms with Crippen molar-refractivity contribution in [3.63, 3.8) is 0 Å². The van der Waals surface area contributed by atoms with Crippen LogP contribution in [0.1, 0.15) is 41.7 Å². The molecule has 0 saturated heterocycles. The van der Waals surface area contributed by atoms with Crippen molar-refractivity contribution in [1.29, 1.82) is 0 Å². The lowest BCUT2D eigenvalue weighted by Crippen LogP contribution is -2.25. The van der Waals surface area contributed by atoms with Crippen LogP contribution in [0.5, 0.6) is 0 Å². The standard InChI is InChI=1S/C15H17N5O2S.C12H12N6OS/c1-15(2,3)20-12-9(11(18-20)13(21)19-22)6-5-8-7-16-14(23-4)17-10(8)12;1-18-9-5(8(17-18)11(14)19)3-4-6-7(9)15-12(20-2)16-10(6)13/h5-7,22H,1-4H3,(H,19,21);3-4H,1-2H3,(H2,14,19)(H2,13,15,16). The maximum Gasteiger partial charge on any atom is 0.295 e. The average molecular weight is 620 g/mol. The number of thioether (sulfide) groups is 2. The molecule has 0 spiro atoms. The molecule has 16 heteroatoms. The van der Waals surface area contributed by atoms with Gasteiger partial charge in [0.15, 0.2) is 21.7 Å². The molecule has 6 N–H and O–H groups in total. The Balaban J connectivity index is 0.000000173. The summed E-state index contributed by atoms with van der Waals surface area (Å²) >= 11 is 2.85. The number of anilines is 1. The lowest BCUT2D eigenvalue weighted by molar-refractivity contribution is 0.0700. The zero-order chi connectivity index (χ0) is 31.2. The summed E-state index contributed by atoms with van der Waals surface area (Å²) in [5, 5.41) is 21.7. The van der Waals surface area contributed by atoms with Crippen LogP contribution >= 0.6 is 23.5 Å². The van der Waals surface area contributed by atoms with Gasteiger partial charge in [-0.2, -0.15) is 10.2 Å². The summed E-state index contributed by atoms with van der Waals surface area (Å²) in [4.78, 5) is 41.0. The lowest BCUT2D eigenvalue weighted by atomic mass is 10.1. The van der Waals surface area contributed by atoms with Gasteiger partial charge in [0.05, 0.1) is 16.6 Å². The molecule has 222 valence electrons. The summed E-state index contributed by atoms with van der Waals surface area (Å²) in [6, 6.07) is 7.21. The average Bonchev–Trinajstić information content (AvgIpc) is 3.55. The van der Waals surface area contributed by atoms with E-state index in [4.69, 9.17) is 16.7 Å². The molecule has 2 amide bonds. The van der Waals surface area contributed by atoms with E-state index < -0.39 is 11.8 Å². The molecule has 0 unspecified atom stereocenters. The number of hydrogen-bond acceptors (Lipinski definition) is 12. The van der Waals surface area contributed by atoms with Gasteiger partial charge in [-0.25, -0.2) is 25.4 Å². The number of nitrogens with zero attached hydrogens (tertiary/aromatic N) is 8. The SMILES string of the molecule is CSc1nc(N)c2ccc3c(C(N)=O)nn(C)c3c2n1.CSc1ncc2ccc3c(C(=O)NO)nn(C(C)(C)C)c3c2n1. The number of primary amides is 1. The molecular formula is C27H29N11O3S2. The Morgan fingerprint density at radius 1 is 0.884 bits per heavy atom. The number of aromatic nitrogens is 8. The first kappa shape index (κ1) is 29.9. The van der Waals surface area contributed by atoms with E-state index in [2.05, 4.69) is 30.1 Å². The Morgan fingerprint density at radius 3 is 2.14 bits per heavy atom. The van der Waals surface area contributed by atoms with E-state index in [1.54, 1.807) is 46.3 Å². The van der Waals surface area contributed by atoms with Crippen LogP contribution in [0, 0.1) is 0 Å². The third-order valence-corrected chi connectivity index (χ3v) is 7.71. The van der Waals surface area contributed by atoms with Crippen molar-refractivity contribution in [3.05, 3.63) is 41.9 Å². The summed E-state index contributed by atoms with van der Waals surface area (Å²) < 4.78 is 3.36. The molecule has 2 aromatic carbocycles. The molecule has 4 heterocycles. The van der Waals surface area contributed by atoms with Crippen molar-refractivity contribution in [2.45, 2.75) is 36.6 Å². The second-order valence-corrected chi connectivity index (χ2v) is 12.0. The van der Waals surface area contributed by atoms with E-state index in [1.165, 1.54) is 23.5 Å². The van der Waals surface area contributed by atoms with E-state index in [0.717, 1.165) is 27.3 Å². The second kappa shape index (κ2) is 11.3. The largest absolute Gasteiger partial charge is 0.383 e. The number of amides is 2. The third kappa shape index (κ3) is 5.28. The Kier molecular flexibility index (Phi) is 7.85. The predicted octanol–water partition coefficient (Wildman–Crippen LogP) is 3.49. The Morgan fingerprint density at radius 2 is 1.51 bits per heavy atom. The van der Waals surface area contributed by atoms with E-state index in [0.29, 0.717) is 32.4 Å². The number of rotatable bonds is 4. The highest BCUT2D eigenvalue weighted by Gasteiger charge is 2.25. The number of fused-ring (bicyclic) bond motifs is 6. The smallest absolute Gasteiger partial charge is 0.295 e. The van der Waals surface area contributed by atoms with Crippen molar-refractivity contribution in [3.8, 4) is 0 Å². The fourth-order valence-electron chi connectivity index (χ4n) is 4.71. The second-order valence-electron chi connectivity index (χ2n) is 10.4. The number of hydroxylamine groups is 1. The van der Waals surface area contributed by atoms with Crippen molar-refractivity contribution in [2.24, 2.45) is 12.8 Å². The minimum Gasteiger partial charge on any atom is -0.383 e. The third-order valence-electron chi connectivity index (χ3n) is 6.60. The van der Waals surface area contributed by atoms with Crippen LogP contribution in [0.3, 0.4) is 0 Å². The number of nitrogens with one attached hydrogen (secondary N) is 1. The molecule has 43 heavy (non-hydrogen) atoms. The maximum absolute atomic E-state index is 12.0. The zero-order valence-corrected chi connectivity index (χ0v) is 25.8. The summed E-state index contributed by atoms with van der Waals surface area (Å²) in [6.45, 7) is 5.99. The molecular weight excluding hydrogens is 591 g/mol. The highest BCUT2D eigenvalue weighted by molar-refractivity contribution is 7.98. The number of nitrogen functional groups attached to an aromatic ring is 1. The number of carbonyl (C=O) groups is 2. The molecule has 0 radical (unpaired) electrons. The summed E-state index contributed by atoms with van der Waals surface area (Å²) in [7, 11) is 1.74. The van der Waals surface area contributed by atoms with Crippen LogP contribution < -0.4 is 16.9 Å². The number of hydrogen-bond donors (Lipinski definition) is 4. The van der Waals surface area contributed by atoms with Gasteiger partial charge < -0.3 is 11.5 Å². The van der Waals surface area contributed by atoms with E-state index in [-0.39, 0.29) is 16.9 Å². The van der Waals surface area contributed by atoms with Crippen LogP contribution in [0.2, 0.25) is 0 Å². The summed E-state index contributed by atoms with van der Waals surface area (Å²) in [5.41, 5.74) is 15.9. The van der Waals surface area contributed by atoms with Crippen LogP contribution in [-0.2, 0) is 12.6 Å². The number of carbonyl (C=O) groups excluding carboxylic acids is 2. The van der Waals surface area contributed by atoms with Gasteiger partial charge in [-0.05, 0) is 51.5 Å². The van der Waals surface area contributed by atoms with E-state index in [1.807, 2.05) is 39.3 Å². The monoisotopic (exact) mass is 619 g/mol. The van der Waals surface area contributed by atoms with Gasteiger partial charge in [0.2, 0.25) is 0 Å². The first-order chi connectivity index (χ1) is 20.4. The molecule has 4 aromatic heterocycles. The van der Waals surface area contributed by atoms with Crippen LogP contribution in [0.15, 0.2) is 40.8 Å². The topological polar surface area (TPSA) is 206 Å². The molecule has 0 bridgehead atoms. The lowest BCUT2D eigenvalue weighted by Gasteiger charge is -2.21. The van der Waals surface area contributed by atoms with Crippen LogP contribution in [-0.4, -0.2) is 69.0 Å². The maximum atomic E-state index is 12.0. The van der Waals surface area contributed by atoms with Gasteiger partial charge in [0.1, 0.15) is 16.9 Å². The van der Waals surface area contributed by atoms with Gasteiger partial charge in [-0.15, -0.1) is 0 Å². The minimum absolute atomic E-state index is 0.170. The fourth-order valence-corrected chi connectivity index (χ4v) is 5.42. The minimum atomic E-state index is -0.642. The first-order valence-electron chi connectivity index (χ1n) is 12.8. The molecule has 0 aliphatic rings. The fraction of sp³-hybridized carbons (Fsp3) is 0.259. The highest BCUT2D eigenvalue weighted by Crippen LogP contribution is 2.32. The molecule has 0 atom stereocenters. The van der Waals surface area contributed by atoms with Crippen molar-refractivity contribution < 1.29 is 14.8 Å². The number of aryl methyl sites for hydroxylation is 1. The first-order valence-corrected chi connectivity index (χ1v) is 15.3. The molecule has 6 rings (SSSR count). The zero-order valence-electron chi connectivity index (χ0n) is 24.2. The van der Waals surface area contributed by atoms with Gasteiger partial charge in [0.25, 0.3) is 11.8 Å². The molecule has 6 aromatic rings. The van der Waals surface area contributed by atoms with Crippen LogP contribution in [0.25, 0.3) is 43.6 Å². The Labute approximate surface area is 253 Å². The van der Waals surface area contributed by atoms with Gasteiger partial charge in [0, 0.05) is 34.8 Å². The van der Waals surface area contributed by atoms with Crippen molar-refractivity contribution in [2.75, 3.05) is 18.2 Å². The number of benzene rings is 2. The Hall–Kier alpha value is -4.54. The van der Waals surface area contributed by atoms with Crippen LogP contribution in [0.4, 0.5) is 5.82 Å². The summed E-state index contributed by atoms with van der Waals surface area (Å²) in [5.74, 6) is -0.804. The molecule has 14 nitrogen and oxygen atoms in total. The molecule has 0 fully saturated rings. The Bertz CT molecular complexity index is 2070. The predicted molar refractivity (Wildman–Crippen MR) is 167 cm³/mol. The van der Waals surface area contributed by atoms with Crippen molar-refractivity contribution >= 4 is 84.8 Å². The summed E-state index contributed by atoms with van der Waals surface area (Å²) in [6.07, 6.45) is 5.55. The van der Waals surface area contributed by atoms with Crippen molar-refractivity contribution in [1.82, 2.24) is 45.0 Å².